The number of aryl methyl sites for hydroxylation is 2. The van der Waals surface area contributed by atoms with Crippen LogP contribution in [0, 0.1) is 6.92 Å². The summed E-state index contributed by atoms with van der Waals surface area (Å²) < 4.78 is 11.2. The standard InChI is InChI=1S/C18H33N5O2/c1-3-19-18(20-9-4-7-16-13-22-23-15(16)2)21-10-6-11-24-14-17-8-5-12-25-17/h13,17H,3-12,14H2,1-2H3,(H,22,23)(H2,19,20,21). The maximum Gasteiger partial charge on any atom is 0.191 e. The van der Waals surface area contributed by atoms with Gasteiger partial charge in [-0.3, -0.25) is 10.1 Å². The predicted octanol–water partition coefficient (Wildman–Crippen LogP) is 1.79. The third-order valence-corrected chi connectivity index (χ3v) is 4.24. The molecule has 0 radical (unpaired) electrons. The molecule has 1 unspecified atom stereocenters. The molecule has 0 amide bonds. The molecule has 0 aromatic carbocycles. The summed E-state index contributed by atoms with van der Waals surface area (Å²) in [6.07, 6.45) is 7.49. The zero-order valence-corrected chi connectivity index (χ0v) is 15.6. The van der Waals surface area contributed by atoms with Crippen molar-refractivity contribution in [3.63, 3.8) is 0 Å². The summed E-state index contributed by atoms with van der Waals surface area (Å²) in [5, 5.41) is 13.7. The van der Waals surface area contributed by atoms with E-state index in [1.54, 1.807) is 0 Å². The van der Waals surface area contributed by atoms with Gasteiger partial charge in [0.1, 0.15) is 0 Å². The largest absolute Gasteiger partial charge is 0.379 e. The topological polar surface area (TPSA) is 83.6 Å². The van der Waals surface area contributed by atoms with Crippen LogP contribution in [0.5, 0.6) is 0 Å². The molecule has 142 valence electrons. The molecule has 3 N–H and O–H groups in total. The average Bonchev–Trinajstić information content (AvgIpc) is 3.26. The lowest BCUT2D eigenvalue weighted by Gasteiger charge is -2.12. The summed E-state index contributed by atoms with van der Waals surface area (Å²) in [5.74, 6) is 0.880. The molecule has 2 heterocycles. The van der Waals surface area contributed by atoms with E-state index in [-0.39, 0.29) is 0 Å². The minimum atomic E-state index is 0.311. The molecule has 25 heavy (non-hydrogen) atoms. The highest BCUT2D eigenvalue weighted by Crippen LogP contribution is 2.11. The Kier molecular flexibility index (Phi) is 9.36. The van der Waals surface area contributed by atoms with Crippen molar-refractivity contribution in [2.24, 2.45) is 4.99 Å². The molecule has 0 spiro atoms. The van der Waals surface area contributed by atoms with Crippen LogP contribution in [0.2, 0.25) is 0 Å². The van der Waals surface area contributed by atoms with Crippen molar-refractivity contribution >= 4 is 5.96 Å². The molecular weight excluding hydrogens is 318 g/mol. The Labute approximate surface area is 151 Å². The summed E-state index contributed by atoms with van der Waals surface area (Å²) in [6.45, 7) is 9.02. The van der Waals surface area contributed by atoms with Crippen molar-refractivity contribution in [2.75, 3.05) is 39.5 Å². The molecule has 7 nitrogen and oxygen atoms in total. The lowest BCUT2D eigenvalue weighted by Crippen LogP contribution is -2.38. The van der Waals surface area contributed by atoms with E-state index in [0.29, 0.717) is 6.10 Å². The monoisotopic (exact) mass is 351 g/mol. The Morgan fingerprint density at radius 3 is 3.08 bits per heavy atom. The first-order valence-corrected chi connectivity index (χ1v) is 9.50. The van der Waals surface area contributed by atoms with Crippen LogP contribution in [0.15, 0.2) is 11.2 Å². The van der Waals surface area contributed by atoms with E-state index in [1.807, 2.05) is 6.20 Å². The summed E-state index contributed by atoms with van der Waals surface area (Å²) in [4.78, 5) is 4.63. The summed E-state index contributed by atoms with van der Waals surface area (Å²) in [6, 6.07) is 0. The second-order valence-electron chi connectivity index (χ2n) is 6.37. The van der Waals surface area contributed by atoms with Crippen molar-refractivity contribution in [3.8, 4) is 0 Å². The van der Waals surface area contributed by atoms with E-state index >= 15 is 0 Å². The van der Waals surface area contributed by atoms with Crippen LogP contribution in [-0.2, 0) is 15.9 Å². The zero-order valence-electron chi connectivity index (χ0n) is 15.6. The van der Waals surface area contributed by atoms with Crippen LogP contribution < -0.4 is 10.6 Å². The summed E-state index contributed by atoms with van der Waals surface area (Å²) >= 11 is 0. The number of guanidine groups is 1. The first kappa shape index (κ1) is 19.7. The molecule has 1 atom stereocenters. The van der Waals surface area contributed by atoms with Crippen molar-refractivity contribution in [2.45, 2.75) is 52.1 Å². The van der Waals surface area contributed by atoms with E-state index in [4.69, 9.17) is 9.47 Å². The molecule has 2 rings (SSSR count). The lowest BCUT2D eigenvalue weighted by atomic mass is 10.1. The van der Waals surface area contributed by atoms with Crippen molar-refractivity contribution < 1.29 is 9.47 Å². The number of aromatic nitrogens is 2. The van der Waals surface area contributed by atoms with Crippen LogP contribution in [-0.4, -0.2) is 61.7 Å². The van der Waals surface area contributed by atoms with Crippen LogP contribution in [0.25, 0.3) is 0 Å². The molecule has 0 bridgehead atoms. The molecule has 1 aromatic heterocycles. The fourth-order valence-corrected chi connectivity index (χ4v) is 2.80. The fraction of sp³-hybridized carbons (Fsp3) is 0.778. The van der Waals surface area contributed by atoms with Gasteiger partial charge in [-0.15, -0.1) is 0 Å². The number of hydrogen-bond donors (Lipinski definition) is 3. The van der Waals surface area contributed by atoms with Crippen molar-refractivity contribution in [3.05, 3.63) is 17.5 Å². The Balaban J connectivity index is 1.54. The zero-order chi connectivity index (χ0) is 17.7. The van der Waals surface area contributed by atoms with Crippen LogP contribution in [0.3, 0.4) is 0 Å². The van der Waals surface area contributed by atoms with E-state index in [9.17, 15) is 0 Å². The number of hydrogen-bond acceptors (Lipinski definition) is 4. The highest BCUT2D eigenvalue weighted by atomic mass is 16.5. The van der Waals surface area contributed by atoms with Crippen molar-refractivity contribution in [1.29, 1.82) is 0 Å². The maximum absolute atomic E-state index is 5.68. The second-order valence-corrected chi connectivity index (χ2v) is 6.37. The highest BCUT2D eigenvalue weighted by Gasteiger charge is 2.14. The van der Waals surface area contributed by atoms with Gasteiger partial charge < -0.3 is 20.1 Å². The molecule has 7 heteroatoms. The molecule has 1 aromatic rings. The van der Waals surface area contributed by atoms with E-state index in [0.717, 1.165) is 83.2 Å². The third kappa shape index (κ3) is 7.88. The number of ether oxygens (including phenoxy) is 2. The van der Waals surface area contributed by atoms with Gasteiger partial charge in [0.15, 0.2) is 5.96 Å². The predicted molar refractivity (Wildman–Crippen MR) is 100 cm³/mol. The highest BCUT2D eigenvalue weighted by molar-refractivity contribution is 5.79. The lowest BCUT2D eigenvalue weighted by molar-refractivity contribution is 0.0168. The molecule has 1 aliphatic heterocycles. The van der Waals surface area contributed by atoms with Gasteiger partial charge in [0.25, 0.3) is 0 Å². The normalized spacial score (nSPS) is 17.8. The van der Waals surface area contributed by atoms with Gasteiger partial charge in [-0.2, -0.15) is 5.10 Å². The Bertz CT molecular complexity index is 497. The van der Waals surface area contributed by atoms with Gasteiger partial charge in [-0.05, 0) is 51.5 Å². The third-order valence-electron chi connectivity index (χ3n) is 4.24. The minimum Gasteiger partial charge on any atom is -0.379 e. The smallest absolute Gasteiger partial charge is 0.191 e. The molecule has 0 aliphatic carbocycles. The van der Waals surface area contributed by atoms with Crippen LogP contribution in [0.1, 0.15) is 43.9 Å². The quantitative estimate of drug-likeness (QED) is 0.322. The van der Waals surface area contributed by atoms with E-state index in [2.05, 4.69) is 39.7 Å². The van der Waals surface area contributed by atoms with Gasteiger partial charge in [-0.1, -0.05) is 0 Å². The number of nitrogens with one attached hydrogen (secondary N) is 3. The Hall–Kier alpha value is -1.60. The van der Waals surface area contributed by atoms with E-state index in [1.165, 1.54) is 5.56 Å². The van der Waals surface area contributed by atoms with Gasteiger partial charge in [0.05, 0.1) is 18.9 Å². The molecule has 1 fully saturated rings. The maximum atomic E-state index is 5.68. The number of aliphatic imine (C=N–C) groups is 1. The Morgan fingerprint density at radius 2 is 2.36 bits per heavy atom. The van der Waals surface area contributed by atoms with Crippen molar-refractivity contribution in [1.82, 2.24) is 20.8 Å². The minimum absolute atomic E-state index is 0.311. The van der Waals surface area contributed by atoms with Gasteiger partial charge in [0.2, 0.25) is 0 Å². The Morgan fingerprint density at radius 1 is 1.44 bits per heavy atom. The number of H-pyrrole nitrogens is 1. The van der Waals surface area contributed by atoms with Gasteiger partial charge >= 0.3 is 0 Å². The van der Waals surface area contributed by atoms with Gasteiger partial charge in [-0.25, -0.2) is 0 Å². The summed E-state index contributed by atoms with van der Waals surface area (Å²) in [7, 11) is 0. The van der Waals surface area contributed by atoms with Crippen LogP contribution in [0.4, 0.5) is 0 Å². The molecular formula is C18H33N5O2. The molecule has 1 saturated heterocycles. The molecule has 1 aliphatic rings. The number of rotatable bonds is 11. The van der Waals surface area contributed by atoms with Gasteiger partial charge in [0, 0.05) is 38.5 Å². The first-order chi connectivity index (χ1) is 12.3. The fourth-order valence-electron chi connectivity index (χ4n) is 2.80. The number of nitrogens with zero attached hydrogens (tertiary/aromatic N) is 2. The SMILES string of the molecule is CCNC(=NCCCc1cn[nH]c1C)NCCCOCC1CCCO1. The molecule has 0 saturated carbocycles. The second kappa shape index (κ2) is 11.9. The number of aromatic amines is 1. The first-order valence-electron chi connectivity index (χ1n) is 9.50. The summed E-state index contributed by atoms with van der Waals surface area (Å²) in [5.41, 5.74) is 2.42. The van der Waals surface area contributed by atoms with E-state index < -0.39 is 0 Å². The van der Waals surface area contributed by atoms with Crippen LogP contribution >= 0.6 is 0 Å². The average molecular weight is 351 g/mol.